The molecular formula is C6H8F2O4. The standard InChI is InChI=1S/C6H8F2O4/c1-2(5(9)10)3(4(7)8)6(11)12/h2-4H,1H3,(H,9,10)(H,11,12). The maximum Gasteiger partial charge on any atom is 0.313 e. The minimum Gasteiger partial charge on any atom is -0.481 e. The van der Waals surface area contributed by atoms with Crippen LogP contribution in [-0.2, 0) is 9.59 Å². The molecule has 0 radical (unpaired) electrons. The van der Waals surface area contributed by atoms with E-state index in [1.807, 2.05) is 0 Å². The van der Waals surface area contributed by atoms with Gasteiger partial charge in [-0.05, 0) is 0 Å². The zero-order chi connectivity index (χ0) is 9.89. The Labute approximate surface area is 66.8 Å². The lowest BCUT2D eigenvalue weighted by Crippen LogP contribution is -2.33. The van der Waals surface area contributed by atoms with Gasteiger partial charge in [-0.15, -0.1) is 0 Å². The quantitative estimate of drug-likeness (QED) is 0.670. The van der Waals surface area contributed by atoms with Crippen LogP contribution in [-0.4, -0.2) is 28.6 Å². The molecule has 0 bridgehead atoms. The second kappa shape index (κ2) is 3.99. The van der Waals surface area contributed by atoms with E-state index in [1.165, 1.54) is 0 Å². The van der Waals surface area contributed by atoms with Crippen LogP contribution in [0.4, 0.5) is 8.78 Å². The summed E-state index contributed by atoms with van der Waals surface area (Å²) >= 11 is 0. The molecule has 2 unspecified atom stereocenters. The largest absolute Gasteiger partial charge is 0.481 e. The van der Waals surface area contributed by atoms with Gasteiger partial charge in [-0.3, -0.25) is 9.59 Å². The molecule has 0 aliphatic carbocycles. The van der Waals surface area contributed by atoms with Crippen LogP contribution in [0.2, 0.25) is 0 Å². The molecule has 2 atom stereocenters. The average molecular weight is 182 g/mol. The Kier molecular flexibility index (Phi) is 3.59. The third kappa shape index (κ3) is 2.44. The number of rotatable bonds is 4. The second-order valence-electron chi connectivity index (χ2n) is 2.33. The summed E-state index contributed by atoms with van der Waals surface area (Å²) in [6.45, 7) is 0.938. The second-order valence-corrected chi connectivity index (χ2v) is 2.33. The Morgan fingerprint density at radius 1 is 1.17 bits per heavy atom. The van der Waals surface area contributed by atoms with Crippen LogP contribution in [0.1, 0.15) is 6.92 Å². The minimum absolute atomic E-state index is 0.938. The van der Waals surface area contributed by atoms with E-state index in [2.05, 4.69) is 0 Å². The van der Waals surface area contributed by atoms with Crippen molar-refractivity contribution in [3.05, 3.63) is 0 Å². The van der Waals surface area contributed by atoms with Crippen molar-refractivity contribution >= 4 is 11.9 Å². The summed E-state index contributed by atoms with van der Waals surface area (Å²) < 4.78 is 23.8. The van der Waals surface area contributed by atoms with Crippen molar-refractivity contribution in [2.24, 2.45) is 11.8 Å². The van der Waals surface area contributed by atoms with E-state index in [4.69, 9.17) is 10.2 Å². The number of aliphatic carboxylic acids is 2. The molecule has 0 aromatic heterocycles. The van der Waals surface area contributed by atoms with E-state index >= 15 is 0 Å². The molecule has 0 rings (SSSR count). The first kappa shape index (κ1) is 10.8. The van der Waals surface area contributed by atoms with Gasteiger partial charge < -0.3 is 10.2 Å². The van der Waals surface area contributed by atoms with Gasteiger partial charge in [0.25, 0.3) is 6.43 Å². The number of carboxylic acid groups (broad SMARTS) is 2. The molecule has 2 N–H and O–H groups in total. The zero-order valence-corrected chi connectivity index (χ0v) is 6.20. The molecule has 12 heavy (non-hydrogen) atoms. The summed E-state index contributed by atoms with van der Waals surface area (Å²) in [6, 6.07) is 0. The monoisotopic (exact) mass is 182 g/mol. The molecule has 0 aliphatic heterocycles. The molecule has 0 amide bonds. The number of carbonyl (C=O) groups is 2. The Bertz CT molecular complexity index is 192. The Morgan fingerprint density at radius 3 is 1.67 bits per heavy atom. The van der Waals surface area contributed by atoms with Crippen LogP contribution in [0, 0.1) is 11.8 Å². The molecule has 4 nitrogen and oxygen atoms in total. The van der Waals surface area contributed by atoms with Crippen LogP contribution >= 0.6 is 0 Å². The molecular weight excluding hydrogens is 174 g/mol. The summed E-state index contributed by atoms with van der Waals surface area (Å²) in [7, 11) is 0. The van der Waals surface area contributed by atoms with Crippen molar-refractivity contribution in [2.45, 2.75) is 13.3 Å². The smallest absolute Gasteiger partial charge is 0.313 e. The number of carboxylic acids is 2. The summed E-state index contributed by atoms with van der Waals surface area (Å²) in [5, 5.41) is 16.5. The fraction of sp³-hybridized carbons (Fsp3) is 0.667. The lowest BCUT2D eigenvalue weighted by atomic mass is 9.95. The third-order valence-corrected chi connectivity index (χ3v) is 1.48. The summed E-state index contributed by atoms with van der Waals surface area (Å²) in [6.07, 6.45) is -3.16. The first-order valence-electron chi connectivity index (χ1n) is 3.11. The summed E-state index contributed by atoms with van der Waals surface area (Å²) in [4.78, 5) is 20.3. The highest BCUT2D eigenvalue weighted by atomic mass is 19.3. The van der Waals surface area contributed by atoms with Gasteiger partial charge in [0.05, 0.1) is 5.92 Å². The maximum absolute atomic E-state index is 11.9. The van der Waals surface area contributed by atoms with E-state index < -0.39 is 30.2 Å². The molecule has 70 valence electrons. The van der Waals surface area contributed by atoms with Crippen LogP contribution in [0.15, 0.2) is 0 Å². The van der Waals surface area contributed by atoms with Gasteiger partial charge in [0.1, 0.15) is 5.92 Å². The maximum atomic E-state index is 11.9. The molecule has 0 fully saturated rings. The first-order valence-corrected chi connectivity index (χ1v) is 3.11. The predicted molar refractivity (Wildman–Crippen MR) is 33.9 cm³/mol. The SMILES string of the molecule is CC(C(=O)O)C(C(=O)O)C(F)F. The van der Waals surface area contributed by atoms with Crippen molar-refractivity contribution in [1.29, 1.82) is 0 Å². The summed E-state index contributed by atoms with van der Waals surface area (Å²) in [5.41, 5.74) is 0. The molecule has 0 aromatic carbocycles. The van der Waals surface area contributed by atoms with Gasteiger partial charge >= 0.3 is 11.9 Å². The van der Waals surface area contributed by atoms with Crippen LogP contribution in [0.3, 0.4) is 0 Å². The highest BCUT2D eigenvalue weighted by molar-refractivity contribution is 5.79. The number of halogens is 2. The molecule has 0 saturated heterocycles. The van der Waals surface area contributed by atoms with Gasteiger partial charge in [-0.2, -0.15) is 0 Å². The van der Waals surface area contributed by atoms with Crippen molar-refractivity contribution in [2.75, 3.05) is 0 Å². The normalized spacial score (nSPS) is 15.7. The molecule has 0 saturated carbocycles. The van der Waals surface area contributed by atoms with Gasteiger partial charge in [-0.1, -0.05) is 6.92 Å². The summed E-state index contributed by atoms with van der Waals surface area (Å²) in [5.74, 6) is -7.05. The third-order valence-electron chi connectivity index (χ3n) is 1.48. The molecule has 0 spiro atoms. The molecule has 0 aromatic rings. The molecule has 0 heterocycles. The average Bonchev–Trinajstić information content (AvgIpc) is 1.85. The highest BCUT2D eigenvalue weighted by Crippen LogP contribution is 2.20. The van der Waals surface area contributed by atoms with Gasteiger partial charge in [0.15, 0.2) is 0 Å². The van der Waals surface area contributed by atoms with Crippen molar-refractivity contribution in [3.8, 4) is 0 Å². The van der Waals surface area contributed by atoms with Crippen molar-refractivity contribution < 1.29 is 28.6 Å². The van der Waals surface area contributed by atoms with Gasteiger partial charge in [0.2, 0.25) is 0 Å². The topological polar surface area (TPSA) is 74.6 Å². The first-order chi connectivity index (χ1) is 5.37. The lowest BCUT2D eigenvalue weighted by Gasteiger charge is -2.14. The highest BCUT2D eigenvalue weighted by Gasteiger charge is 2.37. The zero-order valence-electron chi connectivity index (χ0n) is 6.20. The Hall–Kier alpha value is -1.20. The van der Waals surface area contributed by atoms with Crippen molar-refractivity contribution in [1.82, 2.24) is 0 Å². The van der Waals surface area contributed by atoms with E-state index in [9.17, 15) is 18.4 Å². The fourth-order valence-corrected chi connectivity index (χ4v) is 0.693. The Morgan fingerprint density at radius 2 is 1.58 bits per heavy atom. The predicted octanol–water partition coefficient (Wildman–Crippen LogP) is 0.673. The molecule has 6 heteroatoms. The van der Waals surface area contributed by atoms with E-state index in [0.29, 0.717) is 0 Å². The number of hydrogen-bond donors (Lipinski definition) is 2. The fourth-order valence-electron chi connectivity index (χ4n) is 0.693. The van der Waals surface area contributed by atoms with Gasteiger partial charge in [-0.25, -0.2) is 8.78 Å². The van der Waals surface area contributed by atoms with Crippen LogP contribution in [0.25, 0.3) is 0 Å². The van der Waals surface area contributed by atoms with Crippen molar-refractivity contribution in [3.63, 3.8) is 0 Å². The van der Waals surface area contributed by atoms with Gasteiger partial charge in [0, 0.05) is 0 Å². The van der Waals surface area contributed by atoms with E-state index in [1.54, 1.807) is 0 Å². The van der Waals surface area contributed by atoms with Crippen LogP contribution < -0.4 is 0 Å². The number of hydrogen-bond acceptors (Lipinski definition) is 2. The van der Waals surface area contributed by atoms with E-state index in [0.717, 1.165) is 6.92 Å². The van der Waals surface area contributed by atoms with Crippen LogP contribution in [0.5, 0.6) is 0 Å². The van der Waals surface area contributed by atoms with E-state index in [-0.39, 0.29) is 0 Å². The Balaban J connectivity index is 4.51. The number of alkyl halides is 2. The minimum atomic E-state index is -3.16. The molecule has 0 aliphatic rings. The lowest BCUT2D eigenvalue weighted by molar-refractivity contribution is -0.159.